The highest BCUT2D eigenvalue weighted by atomic mass is 35.5. The van der Waals surface area contributed by atoms with Gasteiger partial charge in [-0.25, -0.2) is 0 Å². The van der Waals surface area contributed by atoms with E-state index in [0.29, 0.717) is 5.56 Å². The maximum absolute atomic E-state index is 10.8. The summed E-state index contributed by atoms with van der Waals surface area (Å²) in [5.74, 6) is 0.125. The van der Waals surface area contributed by atoms with Crippen molar-refractivity contribution in [3.05, 3.63) is 27.8 Å². The van der Waals surface area contributed by atoms with Gasteiger partial charge in [0.2, 0.25) is 0 Å². The molecule has 0 amide bonds. The number of ether oxygens (including phenoxy) is 1. The van der Waals surface area contributed by atoms with Crippen LogP contribution in [0.3, 0.4) is 0 Å². The molecule has 0 saturated carbocycles. The lowest BCUT2D eigenvalue weighted by Gasteiger charge is -2.14. The quantitative estimate of drug-likeness (QED) is 0.652. The number of nitrogens with one attached hydrogen (secondary N) is 1. The maximum atomic E-state index is 10.8. The van der Waals surface area contributed by atoms with E-state index in [9.17, 15) is 15.2 Å². The third-order valence-electron chi connectivity index (χ3n) is 2.96. The van der Waals surface area contributed by atoms with Gasteiger partial charge in [0.05, 0.1) is 18.1 Å². The van der Waals surface area contributed by atoms with Gasteiger partial charge in [0, 0.05) is 17.7 Å². The fourth-order valence-corrected chi connectivity index (χ4v) is 2.09. The van der Waals surface area contributed by atoms with Crippen LogP contribution in [-0.4, -0.2) is 23.7 Å². The smallest absolute Gasteiger partial charge is 0.273 e. The Kier molecular flexibility index (Phi) is 4.75. The Labute approximate surface area is 111 Å². The lowest BCUT2D eigenvalue weighted by atomic mass is 10.0. The molecule has 0 aliphatic carbocycles. The maximum Gasteiger partial charge on any atom is 0.273 e. The minimum Gasteiger partial charge on any atom is -0.504 e. The summed E-state index contributed by atoms with van der Waals surface area (Å²) in [6, 6.07) is 2.60. The molecule has 18 heavy (non-hydrogen) atoms. The van der Waals surface area contributed by atoms with E-state index in [1.807, 2.05) is 0 Å². The lowest BCUT2D eigenvalue weighted by Crippen LogP contribution is -2.13. The Morgan fingerprint density at radius 3 is 2.78 bits per heavy atom. The molecule has 7 heteroatoms. The standard InChI is InChI=1S/C11H14N2O4.ClH/c1-17-10-6-7(13(15)16)5-8(11(10)14)9-3-2-4-12-9;/h5-6,9,12,14H,2-4H2,1H3;1H/t9-;/m0./s1. The third kappa shape index (κ3) is 2.65. The Hall–Kier alpha value is -1.53. The van der Waals surface area contributed by atoms with Crippen LogP contribution < -0.4 is 10.1 Å². The normalized spacial score (nSPS) is 18.2. The van der Waals surface area contributed by atoms with Crippen molar-refractivity contribution in [3.63, 3.8) is 0 Å². The van der Waals surface area contributed by atoms with Crippen molar-refractivity contribution >= 4 is 18.1 Å². The van der Waals surface area contributed by atoms with E-state index in [1.54, 1.807) is 0 Å². The minimum atomic E-state index is -0.486. The molecule has 1 aliphatic rings. The van der Waals surface area contributed by atoms with Crippen LogP contribution in [0.1, 0.15) is 24.4 Å². The first-order chi connectivity index (χ1) is 8.13. The number of nitro groups is 1. The molecular formula is C11H15ClN2O4. The van der Waals surface area contributed by atoms with Gasteiger partial charge in [-0.3, -0.25) is 10.1 Å². The van der Waals surface area contributed by atoms with Crippen molar-refractivity contribution in [1.29, 1.82) is 0 Å². The van der Waals surface area contributed by atoms with Gasteiger partial charge in [-0.05, 0) is 19.4 Å². The van der Waals surface area contributed by atoms with Crippen molar-refractivity contribution in [1.82, 2.24) is 5.32 Å². The first-order valence-electron chi connectivity index (χ1n) is 5.42. The Morgan fingerprint density at radius 2 is 2.28 bits per heavy atom. The first-order valence-corrected chi connectivity index (χ1v) is 5.42. The number of benzene rings is 1. The second-order valence-corrected chi connectivity index (χ2v) is 3.99. The van der Waals surface area contributed by atoms with Crippen LogP contribution in [0.15, 0.2) is 12.1 Å². The summed E-state index contributed by atoms with van der Waals surface area (Å²) < 4.78 is 4.95. The van der Waals surface area contributed by atoms with Gasteiger partial charge in [0.25, 0.3) is 5.69 Å². The SMILES string of the molecule is COc1cc([N+](=O)[O-])cc([C@@H]2CCCN2)c1O.Cl. The average Bonchev–Trinajstić information content (AvgIpc) is 2.82. The van der Waals surface area contributed by atoms with Gasteiger partial charge in [-0.2, -0.15) is 0 Å². The topological polar surface area (TPSA) is 84.6 Å². The van der Waals surface area contributed by atoms with Crippen molar-refractivity contribution in [2.45, 2.75) is 18.9 Å². The van der Waals surface area contributed by atoms with Gasteiger partial charge in [0.1, 0.15) is 0 Å². The summed E-state index contributed by atoms with van der Waals surface area (Å²) in [4.78, 5) is 10.3. The highest BCUT2D eigenvalue weighted by Crippen LogP contribution is 2.39. The molecule has 0 bridgehead atoms. The van der Waals surface area contributed by atoms with E-state index in [0.717, 1.165) is 19.4 Å². The van der Waals surface area contributed by atoms with Gasteiger partial charge in [0.15, 0.2) is 11.5 Å². The molecule has 0 spiro atoms. The van der Waals surface area contributed by atoms with Crippen LogP contribution in [-0.2, 0) is 0 Å². The minimum absolute atomic E-state index is 0. The highest BCUT2D eigenvalue weighted by molar-refractivity contribution is 5.85. The predicted octanol–water partition coefficient (Wildman–Crippen LogP) is 2.16. The molecule has 1 aromatic carbocycles. The summed E-state index contributed by atoms with van der Waals surface area (Å²) >= 11 is 0. The van der Waals surface area contributed by atoms with E-state index in [4.69, 9.17) is 4.74 Å². The monoisotopic (exact) mass is 274 g/mol. The van der Waals surface area contributed by atoms with Crippen LogP contribution in [0.25, 0.3) is 0 Å². The van der Waals surface area contributed by atoms with Crippen LogP contribution >= 0.6 is 12.4 Å². The van der Waals surface area contributed by atoms with Crippen LogP contribution in [0.2, 0.25) is 0 Å². The summed E-state index contributed by atoms with van der Waals surface area (Å²) in [6.45, 7) is 0.856. The van der Waals surface area contributed by atoms with Gasteiger partial charge < -0.3 is 15.2 Å². The zero-order valence-electron chi connectivity index (χ0n) is 9.88. The molecule has 0 unspecified atom stereocenters. The van der Waals surface area contributed by atoms with Crippen molar-refractivity contribution < 1.29 is 14.8 Å². The molecule has 0 aromatic heterocycles. The summed E-state index contributed by atoms with van der Waals surface area (Å²) in [6.07, 6.45) is 1.85. The Balaban J connectivity index is 0.00000162. The number of aromatic hydroxyl groups is 1. The number of nitro benzene ring substituents is 1. The van der Waals surface area contributed by atoms with Crippen molar-refractivity contribution in [3.8, 4) is 11.5 Å². The molecule has 2 N–H and O–H groups in total. The number of phenolic OH excluding ortho intramolecular Hbond substituents is 1. The molecule has 2 rings (SSSR count). The zero-order chi connectivity index (χ0) is 12.4. The van der Waals surface area contributed by atoms with E-state index in [1.165, 1.54) is 19.2 Å². The van der Waals surface area contributed by atoms with E-state index >= 15 is 0 Å². The van der Waals surface area contributed by atoms with E-state index < -0.39 is 4.92 Å². The molecule has 1 heterocycles. The third-order valence-corrected chi connectivity index (χ3v) is 2.96. The number of rotatable bonds is 3. The molecule has 1 fully saturated rings. The average molecular weight is 275 g/mol. The fourth-order valence-electron chi connectivity index (χ4n) is 2.09. The molecule has 1 aromatic rings. The lowest BCUT2D eigenvalue weighted by molar-refractivity contribution is -0.385. The number of halogens is 1. The second kappa shape index (κ2) is 5.88. The van der Waals surface area contributed by atoms with Gasteiger partial charge in [-0.1, -0.05) is 0 Å². The number of methoxy groups -OCH3 is 1. The van der Waals surface area contributed by atoms with Gasteiger partial charge >= 0.3 is 0 Å². The predicted molar refractivity (Wildman–Crippen MR) is 68.5 cm³/mol. The molecule has 0 radical (unpaired) electrons. The largest absolute Gasteiger partial charge is 0.504 e. The Bertz CT molecular complexity index is 447. The molecule has 1 aliphatic heterocycles. The first kappa shape index (κ1) is 14.5. The molecule has 1 atom stereocenters. The van der Waals surface area contributed by atoms with Crippen molar-refractivity contribution in [2.75, 3.05) is 13.7 Å². The second-order valence-electron chi connectivity index (χ2n) is 3.99. The zero-order valence-corrected chi connectivity index (χ0v) is 10.7. The van der Waals surface area contributed by atoms with Crippen LogP contribution in [0.5, 0.6) is 11.5 Å². The molecular weight excluding hydrogens is 260 g/mol. The van der Waals surface area contributed by atoms with Crippen molar-refractivity contribution in [2.24, 2.45) is 0 Å². The van der Waals surface area contributed by atoms with Crippen LogP contribution in [0, 0.1) is 10.1 Å². The molecule has 6 nitrogen and oxygen atoms in total. The number of nitrogens with zero attached hydrogens (tertiary/aromatic N) is 1. The number of hydrogen-bond donors (Lipinski definition) is 2. The fraction of sp³-hybridized carbons (Fsp3) is 0.455. The van der Waals surface area contributed by atoms with E-state index in [2.05, 4.69) is 5.32 Å². The van der Waals surface area contributed by atoms with Gasteiger partial charge in [-0.15, -0.1) is 12.4 Å². The number of phenols is 1. The highest BCUT2D eigenvalue weighted by Gasteiger charge is 2.24. The summed E-state index contributed by atoms with van der Waals surface area (Å²) in [7, 11) is 1.38. The number of hydrogen-bond acceptors (Lipinski definition) is 5. The summed E-state index contributed by atoms with van der Waals surface area (Å²) in [5.41, 5.74) is 0.469. The Morgan fingerprint density at radius 1 is 1.56 bits per heavy atom. The molecule has 1 saturated heterocycles. The van der Waals surface area contributed by atoms with E-state index in [-0.39, 0.29) is 35.6 Å². The van der Waals surface area contributed by atoms with Crippen LogP contribution in [0.4, 0.5) is 5.69 Å². The summed E-state index contributed by atoms with van der Waals surface area (Å²) in [5, 5.41) is 24.0. The molecule has 100 valence electrons. The number of non-ortho nitro benzene ring substituents is 1.